The molecule has 0 radical (unpaired) electrons. The van der Waals surface area contributed by atoms with E-state index in [9.17, 15) is 4.79 Å². The highest BCUT2D eigenvalue weighted by Gasteiger charge is 2.62. The summed E-state index contributed by atoms with van der Waals surface area (Å²) in [6.07, 6.45) is 0.701. The number of hydrogen-bond acceptors (Lipinski definition) is 5. The Morgan fingerprint density at radius 1 is 0.921 bits per heavy atom. The van der Waals surface area contributed by atoms with Gasteiger partial charge in [-0.05, 0) is 46.5 Å². The van der Waals surface area contributed by atoms with Crippen LogP contribution in [0.1, 0.15) is 39.7 Å². The third kappa shape index (κ3) is 5.72. The summed E-state index contributed by atoms with van der Waals surface area (Å²) >= 11 is 0. The summed E-state index contributed by atoms with van der Waals surface area (Å²) < 4.78 is 24.0. The smallest absolute Gasteiger partial charge is 0.314 e. The Hall–Kier alpha value is -2.93. The molecule has 2 atom stereocenters. The van der Waals surface area contributed by atoms with Crippen molar-refractivity contribution < 1.29 is 23.4 Å². The predicted molar refractivity (Wildman–Crippen MR) is 153 cm³/mol. The molecule has 2 unspecified atom stereocenters. The molecule has 0 aromatic heterocycles. The lowest BCUT2D eigenvalue weighted by Gasteiger charge is -2.43. The monoisotopic (exact) mass is 532 g/mol. The molecule has 3 aromatic rings. The topological polar surface area (TPSA) is 54.0 Å². The summed E-state index contributed by atoms with van der Waals surface area (Å²) in [5.41, 5.74) is 0.360. The summed E-state index contributed by atoms with van der Waals surface area (Å²) in [5, 5.41) is 2.34. The zero-order valence-corrected chi connectivity index (χ0v) is 24.2. The van der Waals surface area contributed by atoms with Crippen molar-refractivity contribution in [2.75, 3.05) is 26.9 Å². The van der Waals surface area contributed by atoms with Crippen LogP contribution in [-0.4, -0.2) is 41.2 Å². The fourth-order valence-electron chi connectivity index (χ4n) is 5.42. The first-order valence-electron chi connectivity index (χ1n) is 13.4. The first kappa shape index (κ1) is 28.1. The summed E-state index contributed by atoms with van der Waals surface area (Å²) in [6.45, 7) is 10.2. The summed E-state index contributed by atoms with van der Waals surface area (Å²) in [6, 6.07) is 29.0. The average Bonchev–Trinajstić information content (AvgIpc) is 3.64. The van der Waals surface area contributed by atoms with E-state index < -0.39 is 13.7 Å². The lowest BCUT2D eigenvalue weighted by molar-refractivity contribution is -0.153. The van der Waals surface area contributed by atoms with Crippen molar-refractivity contribution >= 4 is 24.7 Å². The summed E-state index contributed by atoms with van der Waals surface area (Å²) in [4.78, 5) is 13.2. The normalized spacial score (nSPS) is 19.1. The van der Waals surface area contributed by atoms with Crippen LogP contribution in [0.15, 0.2) is 84.9 Å². The molecule has 4 rings (SSSR count). The molecule has 0 N–H and O–H groups in total. The molecule has 0 saturated heterocycles. The Kier molecular flexibility index (Phi) is 8.76. The van der Waals surface area contributed by atoms with Gasteiger partial charge in [-0.3, -0.25) is 4.79 Å². The minimum atomic E-state index is -2.69. The zero-order valence-electron chi connectivity index (χ0n) is 23.2. The first-order chi connectivity index (χ1) is 18.3. The van der Waals surface area contributed by atoms with Crippen molar-refractivity contribution in [2.45, 2.75) is 45.8 Å². The van der Waals surface area contributed by atoms with Gasteiger partial charge in [0.1, 0.15) is 5.75 Å². The average molecular weight is 533 g/mol. The highest BCUT2D eigenvalue weighted by molar-refractivity contribution is 6.99. The van der Waals surface area contributed by atoms with Gasteiger partial charge in [-0.1, -0.05) is 93.6 Å². The van der Waals surface area contributed by atoms with Gasteiger partial charge in [-0.15, -0.1) is 0 Å². The van der Waals surface area contributed by atoms with E-state index in [1.807, 2.05) is 43.3 Å². The number of benzene rings is 3. The number of carbonyl (C=O) groups excluding carboxylic acids is 1. The minimum absolute atomic E-state index is 0.0408. The highest BCUT2D eigenvalue weighted by atomic mass is 28.4. The van der Waals surface area contributed by atoms with Crippen molar-refractivity contribution in [1.29, 1.82) is 0 Å². The molecular formula is C32H40O5Si. The van der Waals surface area contributed by atoms with Crippen molar-refractivity contribution in [3.8, 4) is 5.75 Å². The fourth-order valence-corrected chi connectivity index (χ4v) is 10.0. The molecule has 1 aliphatic carbocycles. The van der Waals surface area contributed by atoms with Crippen molar-refractivity contribution in [1.82, 2.24) is 0 Å². The van der Waals surface area contributed by atoms with Crippen LogP contribution in [0.2, 0.25) is 5.04 Å². The van der Waals surface area contributed by atoms with Crippen LogP contribution < -0.4 is 15.1 Å². The molecule has 1 aliphatic rings. The van der Waals surface area contributed by atoms with Gasteiger partial charge in [0.2, 0.25) is 0 Å². The van der Waals surface area contributed by atoms with Gasteiger partial charge in [0.25, 0.3) is 8.32 Å². The standard InChI is InChI=1S/C32H40O5Si/c1-6-36-30(33)32(24-35-22-25-17-19-27(34-5)20-18-25)21-26(32)23-37-38(31(2,3)4,28-13-9-7-10-14-28)29-15-11-8-12-16-29/h7-20,26H,6,21-24H2,1-5H3. The number of esters is 1. The summed E-state index contributed by atoms with van der Waals surface area (Å²) in [5.74, 6) is 0.657. The van der Waals surface area contributed by atoms with Gasteiger partial charge in [-0.25, -0.2) is 0 Å². The maximum atomic E-state index is 13.2. The number of ether oxygens (including phenoxy) is 3. The van der Waals surface area contributed by atoms with E-state index in [0.29, 0.717) is 32.8 Å². The van der Waals surface area contributed by atoms with Crippen molar-refractivity contribution in [3.63, 3.8) is 0 Å². The summed E-state index contributed by atoms with van der Waals surface area (Å²) in [7, 11) is -1.04. The van der Waals surface area contributed by atoms with Crippen molar-refractivity contribution in [3.05, 3.63) is 90.5 Å². The van der Waals surface area contributed by atoms with Gasteiger partial charge >= 0.3 is 5.97 Å². The molecular weight excluding hydrogens is 492 g/mol. The first-order valence-corrected chi connectivity index (χ1v) is 15.3. The van der Waals surface area contributed by atoms with Crippen LogP contribution in [0.3, 0.4) is 0 Å². The lowest BCUT2D eigenvalue weighted by atomic mass is 10.1. The molecule has 0 amide bonds. The third-order valence-electron chi connectivity index (χ3n) is 7.62. The van der Waals surface area contributed by atoms with Crippen LogP contribution >= 0.6 is 0 Å². The molecule has 6 heteroatoms. The van der Waals surface area contributed by atoms with E-state index in [2.05, 4.69) is 69.3 Å². The molecule has 5 nitrogen and oxygen atoms in total. The molecule has 1 fully saturated rings. The molecule has 0 spiro atoms. The molecule has 202 valence electrons. The largest absolute Gasteiger partial charge is 0.497 e. The van der Waals surface area contributed by atoms with E-state index in [0.717, 1.165) is 11.3 Å². The van der Waals surface area contributed by atoms with Crippen LogP contribution in [0, 0.1) is 11.3 Å². The Morgan fingerprint density at radius 3 is 2.00 bits per heavy atom. The quantitative estimate of drug-likeness (QED) is 0.232. The molecule has 0 aliphatic heterocycles. The Bertz CT molecular complexity index is 1130. The Balaban J connectivity index is 1.55. The molecule has 38 heavy (non-hydrogen) atoms. The van der Waals surface area contributed by atoms with Gasteiger partial charge in [-0.2, -0.15) is 0 Å². The molecule has 3 aromatic carbocycles. The van der Waals surface area contributed by atoms with E-state index >= 15 is 0 Å². The number of carbonyl (C=O) groups is 1. The Morgan fingerprint density at radius 2 is 1.50 bits per heavy atom. The number of methoxy groups -OCH3 is 1. The second-order valence-electron chi connectivity index (χ2n) is 11.1. The van der Waals surface area contributed by atoms with Crippen LogP contribution in [0.5, 0.6) is 5.75 Å². The predicted octanol–water partition coefficient (Wildman–Crippen LogP) is 5.36. The van der Waals surface area contributed by atoms with E-state index in [1.54, 1.807) is 7.11 Å². The minimum Gasteiger partial charge on any atom is -0.497 e. The van der Waals surface area contributed by atoms with Gasteiger partial charge < -0.3 is 18.6 Å². The number of hydrogen-bond donors (Lipinski definition) is 0. The van der Waals surface area contributed by atoms with Gasteiger partial charge in [0.05, 0.1) is 32.3 Å². The second kappa shape index (κ2) is 11.8. The maximum Gasteiger partial charge on any atom is 0.314 e. The lowest BCUT2D eigenvalue weighted by Crippen LogP contribution is -2.66. The number of rotatable bonds is 12. The molecule has 0 bridgehead atoms. The Labute approximate surface area is 228 Å². The van der Waals surface area contributed by atoms with E-state index in [-0.39, 0.29) is 16.9 Å². The van der Waals surface area contributed by atoms with Gasteiger partial charge in [0, 0.05) is 12.5 Å². The SMILES string of the molecule is CCOC(=O)C1(COCc2ccc(OC)cc2)CC1CO[Si](c1ccccc1)(c1ccccc1)C(C)(C)C. The van der Waals surface area contributed by atoms with Crippen LogP contribution in [0.25, 0.3) is 0 Å². The molecule has 1 saturated carbocycles. The third-order valence-corrected chi connectivity index (χ3v) is 12.6. The van der Waals surface area contributed by atoms with Gasteiger partial charge in [0.15, 0.2) is 0 Å². The second-order valence-corrected chi connectivity index (χ2v) is 15.4. The van der Waals surface area contributed by atoms with Crippen LogP contribution in [-0.2, 0) is 25.3 Å². The van der Waals surface area contributed by atoms with E-state index in [1.165, 1.54) is 10.4 Å². The van der Waals surface area contributed by atoms with Crippen molar-refractivity contribution in [2.24, 2.45) is 11.3 Å². The van der Waals surface area contributed by atoms with E-state index in [4.69, 9.17) is 18.6 Å². The highest BCUT2D eigenvalue weighted by Crippen LogP contribution is 2.54. The molecule has 0 heterocycles. The zero-order chi connectivity index (χ0) is 27.2. The van der Waals surface area contributed by atoms with Crippen LogP contribution in [0.4, 0.5) is 0 Å². The fraction of sp³-hybridized carbons (Fsp3) is 0.406. The maximum absolute atomic E-state index is 13.2.